The number of para-hydroxylation sites is 2. The monoisotopic (exact) mass is 481 g/mol. The Bertz CT molecular complexity index is 996. The number of hydrogen-bond acceptors (Lipinski definition) is 2. The molecule has 2 aromatic carbocycles. The summed E-state index contributed by atoms with van der Waals surface area (Å²) in [5, 5.41) is 3.65. The van der Waals surface area contributed by atoms with E-state index in [1.807, 2.05) is 0 Å². The fourth-order valence-corrected chi connectivity index (χ4v) is 4.60. The Morgan fingerprint density at radius 1 is 0.853 bits per heavy atom. The van der Waals surface area contributed by atoms with Crippen molar-refractivity contribution in [3.05, 3.63) is 64.9 Å². The van der Waals surface area contributed by atoms with E-state index in [9.17, 15) is 4.79 Å². The van der Waals surface area contributed by atoms with Gasteiger partial charge in [-0.3, -0.25) is 4.79 Å². The van der Waals surface area contributed by atoms with Gasteiger partial charge in [-0.1, -0.05) is 88.4 Å². The van der Waals surface area contributed by atoms with Gasteiger partial charge < -0.3 is 9.88 Å². The van der Waals surface area contributed by atoms with E-state index in [0.717, 1.165) is 30.7 Å². The number of carbonyl (C=O) groups is 1. The van der Waals surface area contributed by atoms with E-state index in [2.05, 4.69) is 41.1 Å². The van der Waals surface area contributed by atoms with E-state index in [4.69, 9.17) is 16.6 Å². The van der Waals surface area contributed by atoms with Crippen LogP contribution in [-0.2, 0) is 13.0 Å². The zero-order valence-corrected chi connectivity index (χ0v) is 21.5. The van der Waals surface area contributed by atoms with Gasteiger partial charge in [0.05, 0.1) is 11.0 Å². The lowest BCUT2D eigenvalue weighted by Gasteiger charge is -2.10. The second-order valence-electron chi connectivity index (χ2n) is 9.22. The van der Waals surface area contributed by atoms with E-state index < -0.39 is 0 Å². The summed E-state index contributed by atoms with van der Waals surface area (Å²) >= 11 is 5.91. The second-order valence-corrected chi connectivity index (χ2v) is 9.65. The van der Waals surface area contributed by atoms with E-state index in [1.165, 1.54) is 69.7 Å². The number of aryl methyl sites for hydroxylation is 2. The lowest BCUT2D eigenvalue weighted by molar-refractivity contribution is 0.0953. The van der Waals surface area contributed by atoms with Gasteiger partial charge in [0.1, 0.15) is 5.82 Å². The average Bonchev–Trinajstić information content (AvgIpc) is 3.20. The highest BCUT2D eigenvalue weighted by Crippen LogP contribution is 2.19. The maximum atomic E-state index is 12.3. The minimum absolute atomic E-state index is 0.0597. The Morgan fingerprint density at radius 3 is 2.21 bits per heavy atom. The first-order valence-electron chi connectivity index (χ1n) is 13.2. The average molecular weight is 482 g/mol. The molecule has 1 amide bonds. The van der Waals surface area contributed by atoms with Gasteiger partial charge >= 0.3 is 0 Å². The SMILES string of the molecule is CCCCCCCCCCCCn1c(CCCNC(=O)c2ccc(Cl)cc2)nc2ccccc21. The van der Waals surface area contributed by atoms with E-state index in [1.54, 1.807) is 24.3 Å². The molecule has 3 aromatic rings. The van der Waals surface area contributed by atoms with Crippen molar-refractivity contribution in [3.8, 4) is 0 Å². The molecule has 0 fully saturated rings. The molecule has 1 heterocycles. The Balaban J connectivity index is 1.42. The van der Waals surface area contributed by atoms with Gasteiger partial charge in [-0.2, -0.15) is 0 Å². The van der Waals surface area contributed by atoms with Crippen LogP contribution in [0.1, 0.15) is 93.7 Å². The van der Waals surface area contributed by atoms with Crippen LogP contribution in [0.4, 0.5) is 0 Å². The normalized spacial score (nSPS) is 11.2. The van der Waals surface area contributed by atoms with Crippen LogP contribution < -0.4 is 5.32 Å². The summed E-state index contributed by atoms with van der Waals surface area (Å²) in [5.74, 6) is 1.06. The third-order valence-electron chi connectivity index (χ3n) is 6.44. The molecule has 4 nitrogen and oxygen atoms in total. The molecule has 0 spiro atoms. The molecule has 0 unspecified atom stereocenters. The molecule has 184 valence electrons. The topological polar surface area (TPSA) is 46.9 Å². The zero-order valence-electron chi connectivity index (χ0n) is 20.7. The minimum Gasteiger partial charge on any atom is -0.352 e. The Hall–Kier alpha value is -2.33. The highest BCUT2D eigenvalue weighted by atomic mass is 35.5. The van der Waals surface area contributed by atoms with Gasteiger partial charge in [0.15, 0.2) is 0 Å². The first-order valence-corrected chi connectivity index (χ1v) is 13.5. The largest absolute Gasteiger partial charge is 0.352 e. The van der Waals surface area contributed by atoms with Crippen LogP contribution in [0.25, 0.3) is 11.0 Å². The Morgan fingerprint density at radius 2 is 1.50 bits per heavy atom. The second kappa shape index (κ2) is 14.8. The summed E-state index contributed by atoms with van der Waals surface area (Å²) in [7, 11) is 0. The van der Waals surface area contributed by atoms with Crippen molar-refractivity contribution in [3.63, 3.8) is 0 Å². The van der Waals surface area contributed by atoms with Crippen molar-refractivity contribution in [1.29, 1.82) is 0 Å². The molecule has 34 heavy (non-hydrogen) atoms. The van der Waals surface area contributed by atoms with Crippen LogP contribution in [0.2, 0.25) is 5.02 Å². The number of imidazole rings is 1. The lowest BCUT2D eigenvalue weighted by Crippen LogP contribution is -2.25. The Labute approximate surface area is 210 Å². The number of fused-ring (bicyclic) bond motifs is 1. The molecule has 1 aromatic heterocycles. The van der Waals surface area contributed by atoms with E-state index >= 15 is 0 Å². The molecule has 1 N–H and O–H groups in total. The third kappa shape index (κ3) is 8.47. The molecule has 0 aliphatic heterocycles. The maximum Gasteiger partial charge on any atom is 0.251 e. The van der Waals surface area contributed by atoms with Gasteiger partial charge in [0.25, 0.3) is 5.91 Å². The van der Waals surface area contributed by atoms with Crippen molar-refractivity contribution < 1.29 is 4.79 Å². The van der Waals surface area contributed by atoms with E-state index in [0.29, 0.717) is 17.1 Å². The standard InChI is InChI=1S/C29H40ClN3O/c1-2-3-4-5-6-7-8-9-10-13-23-33-27-16-12-11-15-26(27)32-28(33)17-14-22-31-29(34)24-18-20-25(30)21-19-24/h11-12,15-16,18-21H,2-10,13-14,17,22-23H2,1H3,(H,31,34). The van der Waals surface area contributed by atoms with Crippen molar-refractivity contribution >= 4 is 28.5 Å². The van der Waals surface area contributed by atoms with Gasteiger partial charge in [-0.15, -0.1) is 0 Å². The third-order valence-corrected chi connectivity index (χ3v) is 6.69. The van der Waals surface area contributed by atoms with Crippen LogP contribution in [0.15, 0.2) is 48.5 Å². The van der Waals surface area contributed by atoms with Crippen molar-refractivity contribution in [2.24, 2.45) is 0 Å². The number of rotatable bonds is 16. The molecule has 0 saturated heterocycles. The van der Waals surface area contributed by atoms with Gasteiger partial charge in [0.2, 0.25) is 0 Å². The molecule has 0 saturated carbocycles. The molecule has 0 aliphatic rings. The summed E-state index contributed by atoms with van der Waals surface area (Å²) in [6.07, 6.45) is 15.1. The molecule has 0 radical (unpaired) electrons. The number of hydrogen-bond donors (Lipinski definition) is 1. The van der Waals surface area contributed by atoms with E-state index in [-0.39, 0.29) is 5.91 Å². The number of nitrogens with one attached hydrogen (secondary N) is 1. The fourth-order valence-electron chi connectivity index (χ4n) is 4.47. The van der Waals surface area contributed by atoms with Crippen LogP contribution in [0, 0.1) is 0 Å². The number of unbranched alkanes of at least 4 members (excludes halogenated alkanes) is 9. The molecular weight excluding hydrogens is 442 g/mol. The molecule has 0 atom stereocenters. The fraction of sp³-hybridized carbons (Fsp3) is 0.517. The van der Waals surface area contributed by atoms with Gasteiger partial charge in [-0.25, -0.2) is 4.98 Å². The summed E-state index contributed by atoms with van der Waals surface area (Å²) in [6, 6.07) is 15.4. The van der Waals surface area contributed by atoms with Crippen molar-refractivity contribution in [2.45, 2.75) is 90.5 Å². The van der Waals surface area contributed by atoms with Crippen LogP contribution in [0.5, 0.6) is 0 Å². The number of benzene rings is 2. The smallest absolute Gasteiger partial charge is 0.251 e. The number of aromatic nitrogens is 2. The summed E-state index contributed by atoms with van der Waals surface area (Å²) in [5.41, 5.74) is 2.92. The number of nitrogens with zero attached hydrogens (tertiary/aromatic N) is 2. The minimum atomic E-state index is -0.0597. The van der Waals surface area contributed by atoms with Crippen LogP contribution >= 0.6 is 11.6 Å². The van der Waals surface area contributed by atoms with Crippen molar-refractivity contribution in [2.75, 3.05) is 6.54 Å². The highest BCUT2D eigenvalue weighted by Gasteiger charge is 2.11. The highest BCUT2D eigenvalue weighted by molar-refractivity contribution is 6.30. The molecule has 5 heteroatoms. The molecule has 0 bridgehead atoms. The maximum absolute atomic E-state index is 12.3. The van der Waals surface area contributed by atoms with Gasteiger partial charge in [-0.05, 0) is 49.2 Å². The first-order chi connectivity index (χ1) is 16.7. The van der Waals surface area contributed by atoms with Crippen LogP contribution in [-0.4, -0.2) is 22.0 Å². The summed E-state index contributed by atoms with van der Waals surface area (Å²) in [4.78, 5) is 17.2. The Kier molecular flexibility index (Phi) is 11.5. The number of halogens is 1. The number of carbonyl (C=O) groups excluding carboxylic acids is 1. The quantitative estimate of drug-likeness (QED) is 0.211. The summed E-state index contributed by atoms with van der Waals surface area (Å²) < 4.78 is 2.39. The molecular formula is C29H40ClN3O. The zero-order chi connectivity index (χ0) is 24.0. The van der Waals surface area contributed by atoms with Crippen molar-refractivity contribution in [1.82, 2.24) is 14.9 Å². The predicted molar refractivity (Wildman–Crippen MR) is 144 cm³/mol. The summed E-state index contributed by atoms with van der Waals surface area (Å²) in [6.45, 7) is 3.92. The predicted octanol–water partition coefficient (Wildman–Crippen LogP) is 7.97. The molecule has 0 aliphatic carbocycles. The molecule has 3 rings (SSSR count). The van der Waals surface area contributed by atoms with Crippen LogP contribution in [0.3, 0.4) is 0 Å². The first kappa shape index (κ1) is 26.3. The van der Waals surface area contributed by atoms with Gasteiger partial charge in [0, 0.05) is 30.1 Å². The number of amides is 1. The lowest BCUT2D eigenvalue weighted by atomic mass is 10.1.